The highest BCUT2D eigenvalue weighted by Crippen LogP contribution is 2.37. The van der Waals surface area contributed by atoms with Gasteiger partial charge in [-0.3, -0.25) is 0 Å². The maximum Gasteiger partial charge on any atom is 0.0186 e. The average molecular weight is 276 g/mol. The molecule has 94 valence electrons. The first-order chi connectivity index (χ1) is 8.81. The van der Waals surface area contributed by atoms with Gasteiger partial charge in [-0.15, -0.1) is 0 Å². The second-order valence-corrected chi connectivity index (χ2v) is 6.14. The van der Waals surface area contributed by atoms with Crippen LogP contribution in [0.3, 0.4) is 0 Å². The number of rotatable bonds is 5. The van der Waals surface area contributed by atoms with Gasteiger partial charge in [0.15, 0.2) is 0 Å². The molecule has 0 aliphatic carbocycles. The Balaban J connectivity index is 1.93. The molecule has 4 heteroatoms. The van der Waals surface area contributed by atoms with Gasteiger partial charge in [0.2, 0.25) is 0 Å². The Kier molecular flexibility index (Phi) is 5.13. The Bertz CT molecular complexity index is 433. The van der Waals surface area contributed by atoms with Gasteiger partial charge in [-0.25, -0.2) is 0 Å². The van der Waals surface area contributed by atoms with Gasteiger partial charge in [0, 0.05) is 22.9 Å². The Morgan fingerprint density at radius 1 is 0.611 bits per heavy atom. The van der Waals surface area contributed by atoms with Crippen LogP contribution in [-0.2, 0) is 13.1 Å². The second kappa shape index (κ2) is 6.85. The van der Waals surface area contributed by atoms with Crippen molar-refractivity contribution in [2.24, 2.45) is 11.5 Å². The first-order valence-electron chi connectivity index (χ1n) is 5.74. The van der Waals surface area contributed by atoms with Gasteiger partial charge in [0.05, 0.1) is 0 Å². The minimum Gasteiger partial charge on any atom is -0.326 e. The monoisotopic (exact) mass is 276 g/mol. The van der Waals surface area contributed by atoms with Crippen molar-refractivity contribution in [2.45, 2.75) is 22.9 Å². The first kappa shape index (κ1) is 13.5. The maximum atomic E-state index is 5.57. The molecule has 0 amide bonds. The van der Waals surface area contributed by atoms with Crippen LogP contribution in [0.5, 0.6) is 0 Å². The van der Waals surface area contributed by atoms with E-state index in [4.69, 9.17) is 11.5 Å². The SMILES string of the molecule is NCc1ccc(SSc2ccc(CN)cc2)cc1. The summed E-state index contributed by atoms with van der Waals surface area (Å²) in [7, 11) is 3.50. The Morgan fingerprint density at radius 3 is 1.22 bits per heavy atom. The van der Waals surface area contributed by atoms with Crippen LogP contribution in [-0.4, -0.2) is 0 Å². The zero-order valence-corrected chi connectivity index (χ0v) is 11.6. The van der Waals surface area contributed by atoms with Crippen molar-refractivity contribution < 1.29 is 0 Å². The van der Waals surface area contributed by atoms with Crippen molar-refractivity contribution in [1.29, 1.82) is 0 Å². The molecule has 0 saturated heterocycles. The Labute approximate surface area is 116 Å². The highest BCUT2D eigenvalue weighted by atomic mass is 33.1. The molecule has 0 aromatic heterocycles. The third-order valence-electron chi connectivity index (χ3n) is 2.55. The van der Waals surface area contributed by atoms with Gasteiger partial charge in [-0.1, -0.05) is 45.9 Å². The van der Waals surface area contributed by atoms with E-state index in [1.165, 1.54) is 9.79 Å². The highest BCUT2D eigenvalue weighted by Gasteiger charge is 1.98. The summed E-state index contributed by atoms with van der Waals surface area (Å²) in [6.07, 6.45) is 0. The van der Waals surface area contributed by atoms with Crippen molar-refractivity contribution >= 4 is 21.6 Å². The average Bonchev–Trinajstić information content (AvgIpc) is 2.46. The molecule has 2 nitrogen and oxygen atoms in total. The molecule has 2 aromatic rings. The van der Waals surface area contributed by atoms with Crippen molar-refractivity contribution in [3.63, 3.8) is 0 Å². The summed E-state index contributed by atoms with van der Waals surface area (Å²) in [6.45, 7) is 1.19. The van der Waals surface area contributed by atoms with E-state index in [9.17, 15) is 0 Å². The van der Waals surface area contributed by atoms with E-state index in [1.807, 2.05) is 0 Å². The van der Waals surface area contributed by atoms with Crippen molar-refractivity contribution in [1.82, 2.24) is 0 Å². The van der Waals surface area contributed by atoms with Gasteiger partial charge in [-0.2, -0.15) is 0 Å². The van der Waals surface area contributed by atoms with E-state index in [0.29, 0.717) is 13.1 Å². The van der Waals surface area contributed by atoms with Crippen LogP contribution >= 0.6 is 21.6 Å². The number of nitrogens with two attached hydrogens (primary N) is 2. The largest absolute Gasteiger partial charge is 0.326 e. The standard InChI is InChI=1S/C14H16N2S2/c15-9-11-1-5-13(6-2-11)17-18-14-7-3-12(10-16)4-8-14/h1-8H,9-10,15-16H2. The molecule has 0 radical (unpaired) electrons. The molecule has 18 heavy (non-hydrogen) atoms. The predicted molar refractivity (Wildman–Crippen MR) is 80.4 cm³/mol. The molecule has 4 N–H and O–H groups in total. The van der Waals surface area contributed by atoms with Crippen LogP contribution in [0.1, 0.15) is 11.1 Å². The van der Waals surface area contributed by atoms with Crippen LogP contribution < -0.4 is 11.5 Å². The fourth-order valence-corrected chi connectivity index (χ4v) is 3.39. The minimum atomic E-state index is 0.596. The van der Waals surface area contributed by atoms with Crippen LogP contribution in [0.4, 0.5) is 0 Å². The smallest absolute Gasteiger partial charge is 0.0186 e. The third-order valence-corrected chi connectivity index (χ3v) is 4.97. The predicted octanol–water partition coefficient (Wildman–Crippen LogP) is 3.40. The lowest BCUT2D eigenvalue weighted by atomic mass is 10.2. The van der Waals surface area contributed by atoms with E-state index in [2.05, 4.69) is 48.5 Å². The van der Waals surface area contributed by atoms with E-state index >= 15 is 0 Å². The molecule has 0 aliphatic rings. The molecule has 0 aliphatic heterocycles. The van der Waals surface area contributed by atoms with Crippen LogP contribution in [0.25, 0.3) is 0 Å². The molecular formula is C14H16N2S2. The second-order valence-electron chi connectivity index (χ2n) is 3.86. The Hall–Kier alpha value is -0.940. The van der Waals surface area contributed by atoms with Crippen LogP contribution in [0.15, 0.2) is 58.3 Å². The molecule has 0 atom stereocenters. The lowest BCUT2D eigenvalue weighted by Crippen LogP contribution is -1.95. The van der Waals surface area contributed by atoms with Crippen molar-refractivity contribution in [3.8, 4) is 0 Å². The van der Waals surface area contributed by atoms with E-state index in [1.54, 1.807) is 21.6 Å². The van der Waals surface area contributed by atoms with E-state index < -0.39 is 0 Å². The summed E-state index contributed by atoms with van der Waals surface area (Å²) in [5, 5.41) is 0. The van der Waals surface area contributed by atoms with Crippen molar-refractivity contribution in [2.75, 3.05) is 0 Å². The van der Waals surface area contributed by atoms with Gasteiger partial charge < -0.3 is 11.5 Å². The molecule has 0 saturated carbocycles. The number of hydrogen-bond donors (Lipinski definition) is 2. The van der Waals surface area contributed by atoms with Gasteiger partial charge in [0.25, 0.3) is 0 Å². The normalized spacial score (nSPS) is 10.6. The number of hydrogen-bond acceptors (Lipinski definition) is 4. The first-order valence-corrected chi connectivity index (χ1v) is 7.89. The fraction of sp³-hybridized carbons (Fsp3) is 0.143. The zero-order valence-electron chi connectivity index (χ0n) is 10.0. The summed E-state index contributed by atoms with van der Waals surface area (Å²) in [4.78, 5) is 2.47. The maximum absolute atomic E-state index is 5.57. The number of benzene rings is 2. The topological polar surface area (TPSA) is 52.0 Å². The molecule has 0 heterocycles. The van der Waals surface area contributed by atoms with Crippen LogP contribution in [0.2, 0.25) is 0 Å². The third kappa shape index (κ3) is 3.78. The van der Waals surface area contributed by atoms with E-state index in [-0.39, 0.29) is 0 Å². The highest BCUT2D eigenvalue weighted by molar-refractivity contribution is 8.76. The van der Waals surface area contributed by atoms with Crippen molar-refractivity contribution in [3.05, 3.63) is 59.7 Å². The fourth-order valence-electron chi connectivity index (χ4n) is 1.46. The minimum absolute atomic E-state index is 0.596. The molecule has 0 bridgehead atoms. The Morgan fingerprint density at radius 2 is 0.944 bits per heavy atom. The quantitative estimate of drug-likeness (QED) is 0.822. The molecule has 2 aromatic carbocycles. The molecule has 0 unspecified atom stereocenters. The lowest BCUT2D eigenvalue weighted by Gasteiger charge is -2.03. The lowest BCUT2D eigenvalue weighted by molar-refractivity contribution is 1.07. The summed E-state index contributed by atoms with van der Waals surface area (Å²) in [5.41, 5.74) is 13.5. The van der Waals surface area contributed by atoms with Gasteiger partial charge in [0.1, 0.15) is 0 Å². The summed E-state index contributed by atoms with van der Waals surface area (Å²) >= 11 is 0. The molecular weight excluding hydrogens is 260 g/mol. The summed E-state index contributed by atoms with van der Waals surface area (Å²) < 4.78 is 0. The molecule has 2 rings (SSSR count). The van der Waals surface area contributed by atoms with Crippen LogP contribution in [0, 0.1) is 0 Å². The zero-order chi connectivity index (χ0) is 12.8. The van der Waals surface area contributed by atoms with E-state index in [0.717, 1.165) is 11.1 Å². The van der Waals surface area contributed by atoms with Gasteiger partial charge >= 0.3 is 0 Å². The molecule has 0 spiro atoms. The summed E-state index contributed by atoms with van der Waals surface area (Å²) in [5.74, 6) is 0. The van der Waals surface area contributed by atoms with Gasteiger partial charge in [-0.05, 0) is 35.4 Å². The molecule has 0 fully saturated rings. The summed E-state index contributed by atoms with van der Waals surface area (Å²) in [6, 6.07) is 16.7.